The highest BCUT2D eigenvalue weighted by Crippen LogP contribution is 2.18. The topological polar surface area (TPSA) is 84.9 Å². The van der Waals surface area contributed by atoms with E-state index in [9.17, 15) is 9.59 Å². The maximum absolute atomic E-state index is 12.2. The maximum atomic E-state index is 12.2. The summed E-state index contributed by atoms with van der Waals surface area (Å²) < 4.78 is 11.0. The zero-order chi connectivity index (χ0) is 19.6. The second-order valence-electron chi connectivity index (χ2n) is 5.92. The second kappa shape index (κ2) is 10.4. The Balaban J connectivity index is 1.75. The summed E-state index contributed by atoms with van der Waals surface area (Å²) in [5.41, 5.74) is 0.913. The minimum Gasteiger partial charge on any atom is -0.494 e. The number of hydrogen-bond donors (Lipinski definition) is 2. The predicted molar refractivity (Wildman–Crippen MR) is 102 cm³/mol. The minimum absolute atomic E-state index is 0.0829. The molecule has 0 bridgehead atoms. The summed E-state index contributed by atoms with van der Waals surface area (Å²) in [5.74, 6) is 0.130. The number of ether oxygens (including phenoxy) is 2. The lowest BCUT2D eigenvalue weighted by molar-refractivity contribution is -0.137. The van der Waals surface area contributed by atoms with Crippen LogP contribution in [0.4, 0.5) is 0 Å². The number of nitrogens with one attached hydrogen (secondary N) is 1. The van der Waals surface area contributed by atoms with Gasteiger partial charge in [0.05, 0.1) is 6.61 Å². The normalized spacial score (nSPS) is 11.5. The largest absolute Gasteiger partial charge is 0.494 e. The molecule has 0 radical (unpaired) electrons. The Labute approximate surface area is 163 Å². The number of carbonyl (C=O) groups excluding carboxylic acids is 1. The number of rotatable bonds is 10. The second-order valence-corrected chi connectivity index (χ2v) is 6.36. The van der Waals surface area contributed by atoms with Crippen molar-refractivity contribution in [2.75, 3.05) is 6.61 Å². The minimum atomic E-state index is -0.835. The fourth-order valence-corrected chi connectivity index (χ4v) is 2.43. The highest BCUT2D eigenvalue weighted by molar-refractivity contribution is 6.30. The van der Waals surface area contributed by atoms with Gasteiger partial charge in [0, 0.05) is 18.0 Å². The smallest absolute Gasteiger partial charge is 0.303 e. The van der Waals surface area contributed by atoms with Crippen LogP contribution in [0.5, 0.6) is 11.5 Å². The van der Waals surface area contributed by atoms with Crippen LogP contribution in [-0.2, 0) is 16.1 Å². The molecule has 2 aromatic carbocycles. The molecule has 0 saturated heterocycles. The van der Waals surface area contributed by atoms with E-state index in [1.54, 1.807) is 43.3 Å². The molecule has 2 N–H and O–H groups in total. The third-order valence-corrected chi connectivity index (χ3v) is 3.91. The molecule has 7 heteroatoms. The lowest BCUT2D eigenvalue weighted by Crippen LogP contribution is -2.35. The number of amides is 1. The molecule has 2 aromatic rings. The van der Waals surface area contributed by atoms with Gasteiger partial charge in [-0.05, 0) is 49.2 Å². The highest BCUT2D eigenvalue weighted by atomic mass is 35.5. The number of hydrogen-bond acceptors (Lipinski definition) is 4. The van der Waals surface area contributed by atoms with Gasteiger partial charge in [-0.25, -0.2) is 0 Å². The Hall–Kier alpha value is -2.73. The number of carboxylic acids is 1. The van der Waals surface area contributed by atoms with E-state index in [1.807, 2.05) is 12.1 Å². The van der Waals surface area contributed by atoms with Gasteiger partial charge in [-0.2, -0.15) is 0 Å². The Morgan fingerprint density at radius 2 is 1.89 bits per heavy atom. The standard InChI is InChI=1S/C20H22ClNO5/c1-14(27-18-5-2-4-16(21)12-18)20(25)22-13-15-7-9-17(10-8-15)26-11-3-6-19(23)24/h2,4-5,7-10,12,14H,3,6,11,13H2,1H3,(H,22,25)(H,23,24). The van der Waals surface area contributed by atoms with Crippen molar-refractivity contribution in [3.8, 4) is 11.5 Å². The molecular formula is C20H22ClNO5. The van der Waals surface area contributed by atoms with Crippen molar-refractivity contribution in [1.29, 1.82) is 0 Å². The van der Waals surface area contributed by atoms with Crippen molar-refractivity contribution in [3.63, 3.8) is 0 Å². The summed E-state index contributed by atoms with van der Waals surface area (Å²) in [6, 6.07) is 14.1. The van der Waals surface area contributed by atoms with Crippen molar-refractivity contribution in [2.24, 2.45) is 0 Å². The van der Waals surface area contributed by atoms with Crippen LogP contribution < -0.4 is 14.8 Å². The van der Waals surface area contributed by atoms with Crippen molar-refractivity contribution in [2.45, 2.75) is 32.4 Å². The number of carbonyl (C=O) groups is 2. The number of carboxylic acid groups (broad SMARTS) is 1. The first kappa shape index (κ1) is 20.6. The predicted octanol–water partition coefficient (Wildman–Crippen LogP) is 3.67. The molecule has 0 fully saturated rings. The van der Waals surface area contributed by atoms with Gasteiger partial charge < -0.3 is 19.9 Å². The van der Waals surface area contributed by atoms with Crippen LogP contribution in [0, 0.1) is 0 Å². The van der Waals surface area contributed by atoms with Gasteiger partial charge in [0.25, 0.3) is 5.91 Å². The van der Waals surface area contributed by atoms with E-state index in [2.05, 4.69) is 5.32 Å². The van der Waals surface area contributed by atoms with Crippen molar-refractivity contribution < 1.29 is 24.2 Å². The number of aliphatic carboxylic acids is 1. The van der Waals surface area contributed by atoms with E-state index >= 15 is 0 Å². The Morgan fingerprint density at radius 1 is 1.15 bits per heavy atom. The molecule has 0 spiro atoms. The maximum Gasteiger partial charge on any atom is 0.303 e. The molecule has 0 aliphatic rings. The zero-order valence-corrected chi connectivity index (χ0v) is 15.7. The lowest BCUT2D eigenvalue weighted by Gasteiger charge is -2.15. The fraction of sp³-hybridized carbons (Fsp3) is 0.300. The van der Waals surface area contributed by atoms with E-state index in [-0.39, 0.29) is 12.3 Å². The Bertz CT molecular complexity index is 763. The van der Waals surface area contributed by atoms with Gasteiger partial charge in [-0.1, -0.05) is 29.8 Å². The van der Waals surface area contributed by atoms with Crippen LogP contribution in [0.3, 0.4) is 0 Å². The molecule has 1 atom stereocenters. The molecule has 27 heavy (non-hydrogen) atoms. The Morgan fingerprint density at radius 3 is 2.56 bits per heavy atom. The highest BCUT2D eigenvalue weighted by Gasteiger charge is 2.14. The first-order chi connectivity index (χ1) is 12.9. The van der Waals surface area contributed by atoms with Gasteiger partial charge in [-0.15, -0.1) is 0 Å². The van der Waals surface area contributed by atoms with Gasteiger partial charge in [0.2, 0.25) is 0 Å². The monoisotopic (exact) mass is 391 g/mol. The molecule has 2 rings (SSSR count). The molecule has 0 aromatic heterocycles. The number of benzene rings is 2. The van der Waals surface area contributed by atoms with E-state index < -0.39 is 12.1 Å². The molecule has 0 saturated carbocycles. The third kappa shape index (κ3) is 7.58. The molecule has 0 aliphatic carbocycles. The quantitative estimate of drug-likeness (QED) is 0.603. The molecular weight excluding hydrogens is 370 g/mol. The summed E-state index contributed by atoms with van der Waals surface area (Å²) in [6.07, 6.45) is -0.114. The average Bonchev–Trinajstić information content (AvgIpc) is 2.64. The number of halogens is 1. The third-order valence-electron chi connectivity index (χ3n) is 3.67. The van der Waals surface area contributed by atoms with E-state index in [1.165, 1.54) is 0 Å². The van der Waals surface area contributed by atoms with Crippen LogP contribution in [0.2, 0.25) is 5.02 Å². The first-order valence-electron chi connectivity index (χ1n) is 8.57. The summed E-state index contributed by atoms with van der Waals surface area (Å²) in [4.78, 5) is 22.6. The van der Waals surface area contributed by atoms with Crippen molar-refractivity contribution >= 4 is 23.5 Å². The first-order valence-corrected chi connectivity index (χ1v) is 8.95. The van der Waals surface area contributed by atoms with Crippen molar-refractivity contribution in [1.82, 2.24) is 5.32 Å². The van der Waals surface area contributed by atoms with Crippen LogP contribution in [-0.4, -0.2) is 29.7 Å². The summed E-state index contributed by atoms with van der Waals surface area (Å²) in [7, 11) is 0. The molecule has 6 nitrogen and oxygen atoms in total. The molecule has 0 heterocycles. The van der Waals surface area contributed by atoms with Crippen LogP contribution >= 0.6 is 11.6 Å². The average molecular weight is 392 g/mol. The summed E-state index contributed by atoms with van der Waals surface area (Å²) in [6.45, 7) is 2.38. The molecule has 0 aliphatic heterocycles. The van der Waals surface area contributed by atoms with E-state index in [0.29, 0.717) is 36.1 Å². The molecule has 1 unspecified atom stereocenters. The summed E-state index contributed by atoms with van der Waals surface area (Å²) in [5, 5.41) is 11.9. The van der Waals surface area contributed by atoms with Crippen LogP contribution in [0.1, 0.15) is 25.3 Å². The zero-order valence-electron chi connectivity index (χ0n) is 15.0. The summed E-state index contributed by atoms with van der Waals surface area (Å²) >= 11 is 5.90. The molecule has 1 amide bonds. The van der Waals surface area contributed by atoms with Gasteiger partial charge in [0.1, 0.15) is 11.5 Å². The SMILES string of the molecule is CC(Oc1cccc(Cl)c1)C(=O)NCc1ccc(OCCCC(=O)O)cc1. The van der Waals surface area contributed by atoms with Gasteiger partial charge >= 0.3 is 5.97 Å². The lowest BCUT2D eigenvalue weighted by atomic mass is 10.2. The van der Waals surface area contributed by atoms with Gasteiger partial charge in [0.15, 0.2) is 6.10 Å². The molecule has 144 valence electrons. The Kier molecular flexibility index (Phi) is 7.95. The van der Waals surface area contributed by atoms with E-state index in [4.69, 9.17) is 26.2 Å². The fourth-order valence-electron chi connectivity index (χ4n) is 2.25. The van der Waals surface area contributed by atoms with Crippen LogP contribution in [0.25, 0.3) is 0 Å². The van der Waals surface area contributed by atoms with Crippen molar-refractivity contribution in [3.05, 3.63) is 59.1 Å². The van der Waals surface area contributed by atoms with Crippen LogP contribution in [0.15, 0.2) is 48.5 Å². The van der Waals surface area contributed by atoms with E-state index in [0.717, 1.165) is 5.56 Å². The van der Waals surface area contributed by atoms with Gasteiger partial charge in [-0.3, -0.25) is 9.59 Å².